The first kappa shape index (κ1) is 11.2. The molecule has 0 spiro atoms. The van der Waals surface area contributed by atoms with Crippen molar-refractivity contribution in [3.8, 4) is 0 Å². The van der Waals surface area contributed by atoms with Gasteiger partial charge in [-0.2, -0.15) is 0 Å². The van der Waals surface area contributed by atoms with Gasteiger partial charge in [0.15, 0.2) is 0 Å². The van der Waals surface area contributed by atoms with Crippen molar-refractivity contribution in [2.45, 2.75) is 12.3 Å². The molecule has 1 aromatic rings. The second-order valence-corrected chi connectivity index (χ2v) is 3.03. The van der Waals surface area contributed by atoms with Crippen LogP contribution in [0.25, 0.3) is 0 Å². The lowest BCUT2D eigenvalue weighted by atomic mass is 10.2. The van der Waals surface area contributed by atoms with Gasteiger partial charge in [0.05, 0.1) is 0 Å². The summed E-state index contributed by atoms with van der Waals surface area (Å²) in [5.41, 5.74) is 0.764. The second-order valence-electron chi connectivity index (χ2n) is 2.11. The number of aliphatic carboxylic acids is 1. The van der Waals surface area contributed by atoms with Gasteiger partial charge in [0.2, 0.25) is 0 Å². The van der Waals surface area contributed by atoms with Crippen LogP contribution < -0.4 is 0 Å². The molecule has 12 heavy (non-hydrogen) atoms. The van der Waals surface area contributed by atoms with E-state index >= 15 is 0 Å². The molecule has 0 aliphatic heterocycles. The van der Waals surface area contributed by atoms with Crippen LogP contribution in [0.4, 0.5) is 0 Å². The lowest BCUT2D eigenvalue weighted by molar-refractivity contribution is -0.136. The molecule has 1 rings (SSSR count). The predicted molar refractivity (Wildman–Crippen MR) is 52.5 cm³/mol. The van der Waals surface area contributed by atoms with Crippen LogP contribution in [0.5, 0.6) is 0 Å². The number of hydrogen-bond acceptors (Lipinski definition) is 1. The van der Waals surface area contributed by atoms with Gasteiger partial charge in [-0.05, 0) is 5.56 Å². The van der Waals surface area contributed by atoms with E-state index in [2.05, 4.69) is 15.9 Å². The minimum Gasteiger partial charge on any atom is -0.480 e. The molecule has 2 nitrogen and oxygen atoms in total. The molecule has 0 aromatic heterocycles. The van der Waals surface area contributed by atoms with Gasteiger partial charge in [0, 0.05) is 0 Å². The fraction of sp³-hybridized carbons (Fsp3) is 0.222. The molecule has 0 heterocycles. The zero-order valence-corrected chi connectivity index (χ0v) is 7.28. The number of benzene rings is 1. The average Bonchev–Trinajstić information content (AvgIpc) is 2.05. The fourth-order valence-corrected chi connectivity index (χ4v) is 1.07. The van der Waals surface area contributed by atoms with Crippen LogP contribution in [0.2, 0.25) is 0 Å². The Labute approximate surface area is 80.4 Å². The van der Waals surface area contributed by atoms with E-state index in [0.29, 0.717) is 0 Å². The number of alkyl halides is 1. The Kier molecular flexibility index (Phi) is 4.59. The van der Waals surface area contributed by atoms with E-state index in [4.69, 9.17) is 5.11 Å². The fourth-order valence-electron chi connectivity index (χ4n) is 0.765. The van der Waals surface area contributed by atoms with Crippen LogP contribution in [0.3, 0.4) is 0 Å². The average molecular weight is 231 g/mol. The minimum atomic E-state index is -0.865. The Morgan fingerprint density at radius 2 is 1.83 bits per heavy atom. The summed E-state index contributed by atoms with van der Waals surface area (Å²) in [4.78, 5) is 9.86. The van der Waals surface area contributed by atoms with Gasteiger partial charge in [0.1, 0.15) is 4.83 Å². The normalized spacial score (nSPS) is 11.4. The summed E-state index contributed by atoms with van der Waals surface area (Å²) < 4.78 is 0. The lowest BCUT2D eigenvalue weighted by Crippen LogP contribution is -2.03. The first-order chi connectivity index (χ1) is 5.22. The summed E-state index contributed by atoms with van der Waals surface area (Å²) >= 11 is 3.05. The lowest BCUT2D eigenvalue weighted by Gasteiger charge is -2.02. The number of carboxylic acids is 1. The quantitative estimate of drug-likeness (QED) is 0.794. The third-order valence-electron chi connectivity index (χ3n) is 1.31. The summed E-state index contributed by atoms with van der Waals surface area (Å²) in [5.74, 6) is -0.865. The highest BCUT2D eigenvalue weighted by molar-refractivity contribution is 9.09. The number of hydrogen-bond donors (Lipinski definition) is 1. The highest BCUT2D eigenvalue weighted by atomic mass is 79.9. The first-order valence-electron chi connectivity index (χ1n) is 3.13. The van der Waals surface area contributed by atoms with Crippen molar-refractivity contribution in [3.63, 3.8) is 0 Å². The maximum absolute atomic E-state index is 10.5. The van der Waals surface area contributed by atoms with Crippen LogP contribution >= 0.6 is 15.9 Å². The highest BCUT2D eigenvalue weighted by Crippen LogP contribution is 2.21. The van der Waals surface area contributed by atoms with Crippen molar-refractivity contribution in [1.29, 1.82) is 0 Å². The zero-order chi connectivity index (χ0) is 8.27. The molecule has 1 atom stereocenters. The monoisotopic (exact) mass is 230 g/mol. The third-order valence-corrected chi connectivity index (χ3v) is 2.23. The van der Waals surface area contributed by atoms with Crippen LogP contribution in [0, 0.1) is 0 Å². The summed E-state index contributed by atoms with van der Waals surface area (Å²) in [7, 11) is 0. The maximum atomic E-state index is 10.5. The van der Waals surface area contributed by atoms with E-state index in [1.165, 1.54) is 0 Å². The van der Waals surface area contributed by atoms with Gasteiger partial charge in [0.25, 0.3) is 0 Å². The standard InChI is InChI=1S/C8H7BrO2.CH4/c9-7(8(10)11)6-4-2-1-3-5-6;/h1-5,7H,(H,10,11);1H4. The van der Waals surface area contributed by atoms with Gasteiger partial charge in [-0.15, -0.1) is 0 Å². The third kappa shape index (κ3) is 2.66. The van der Waals surface area contributed by atoms with E-state index in [1.54, 1.807) is 12.1 Å². The molecule has 3 heteroatoms. The molecular weight excluding hydrogens is 220 g/mol. The molecule has 0 amide bonds. The van der Waals surface area contributed by atoms with E-state index in [-0.39, 0.29) is 7.43 Å². The first-order valence-corrected chi connectivity index (χ1v) is 4.05. The summed E-state index contributed by atoms with van der Waals surface area (Å²) in [6.07, 6.45) is 0. The van der Waals surface area contributed by atoms with Crippen LogP contribution in [-0.2, 0) is 4.79 Å². The number of carbonyl (C=O) groups is 1. The number of carboxylic acid groups (broad SMARTS) is 1. The Bertz CT molecular complexity index is 246. The molecule has 0 radical (unpaired) electrons. The SMILES string of the molecule is C.O=C(O)C(Br)c1ccccc1. The zero-order valence-electron chi connectivity index (χ0n) is 5.70. The molecule has 66 valence electrons. The predicted octanol–water partition coefficient (Wildman–Crippen LogP) is 2.84. The maximum Gasteiger partial charge on any atom is 0.321 e. The number of halogens is 1. The number of rotatable bonds is 2. The molecule has 0 saturated carbocycles. The minimum absolute atomic E-state index is 0. The molecule has 0 aliphatic rings. The van der Waals surface area contributed by atoms with E-state index < -0.39 is 10.8 Å². The van der Waals surface area contributed by atoms with Crippen molar-refractivity contribution >= 4 is 21.9 Å². The topological polar surface area (TPSA) is 37.3 Å². The van der Waals surface area contributed by atoms with Crippen LogP contribution in [0.15, 0.2) is 30.3 Å². The van der Waals surface area contributed by atoms with Crippen LogP contribution in [0.1, 0.15) is 17.8 Å². The Morgan fingerprint density at radius 1 is 1.33 bits per heavy atom. The second kappa shape index (κ2) is 4.93. The van der Waals surface area contributed by atoms with Gasteiger partial charge in [-0.3, -0.25) is 4.79 Å². The van der Waals surface area contributed by atoms with Crippen molar-refractivity contribution in [3.05, 3.63) is 35.9 Å². The largest absolute Gasteiger partial charge is 0.480 e. The van der Waals surface area contributed by atoms with Crippen LogP contribution in [-0.4, -0.2) is 11.1 Å². The molecule has 1 N–H and O–H groups in total. The van der Waals surface area contributed by atoms with Crippen molar-refractivity contribution in [2.24, 2.45) is 0 Å². The van der Waals surface area contributed by atoms with E-state index in [1.807, 2.05) is 18.2 Å². The van der Waals surface area contributed by atoms with Gasteiger partial charge in [-0.25, -0.2) is 0 Å². The van der Waals surface area contributed by atoms with Gasteiger partial charge >= 0.3 is 5.97 Å². The molecule has 1 unspecified atom stereocenters. The Morgan fingerprint density at radius 3 is 2.25 bits per heavy atom. The summed E-state index contributed by atoms with van der Waals surface area (Å²) in [5, 5.41) is 8.59. The molecule has 0 aliphatic carbocycles. The Hall–Kier alpha value is -0.830. The molecule has 0 fully saturated rings. The van der Waals surface area contributed by atoms with Crippen molar-refractivity contribution < 1.29 is 9.90 Å². The summed E-state index contributed by atoms with van der Waals surface area (Å²) in [6, 6.07) is 9.02. The Balaban J connectivity index is 0.00000121. The van der Waals surface area contributed by atoms with E-state index in [0.717, 1.165) is 5.56 Å². The smallest absolute Gasteiger partial charge is 0.321 e. The van der Waals surface area contributed by atoms with E-state index in [9.17, 15) is 4.79 Å². The molecule has 0 saturated heterocycles. The highest BCUT2D eigenvalue weighted by Gasteiger charge is 2.13. The van der Waals surface area contributed by atoms with Crippen molar-refractivity contribution in [1.82, 2.24) is 0 Å². The van der Waals surface area contributed by atoms with Gasteiger partial charge in [-0.1, -0.05) is 53.7 Å². The van der Waals surface area contributed by atoms with Crippen molar-refractivity contribution in [2.75, 3.05) is 0 Å². The summed E-state index contributed by atoms with van der Waals surface area (Å²) in [6.45, 7) is 0. The molecular formula is C9H11BrO2. The molecule has 1 aromatic carbocycles. The van der Waals surface area contributed by atoms with Gasteiger partial charge < -0.3 is 5.11 Å². The molecule has 0 bridgehead atoms.